The predicted molar refractivity (Wildman–Crippen MR) is 79.7 cm³/mol. The third-order valence-electron chi connectivity index (χ3n) is 3.27. The van der Waals surface area contributed by atoms with Crippen LogP contribution in [-0.2, 0) is 11.8 Å². The van der Waals surface area contributed by atoms with E-state index in [0.717, 1.165) is 17.0 Å². The first-order valence-electron chi connectivity index (χ1n) is 6.61. The Balaban J connectivity index is 1.99. The second kappa shape index (κ2) is 5.87. The summed E-state index contributed by atoms with van der Waals surface area (Å²) in [4.78, 5) is 11.9. The van der Waals surface area contributed by atoms with Crippen LogP contribution in [0.4, 0.5) is 5.69 Å². The molecule has 0 aliphatic rings. The van der Waals surface area contributed by atoms with Gasteiger partial charge in [-0.2, -0.15) is 5.10 Å². The third kappa shape index (κ3) is 3.34. The average Bonchev–Trinajstić information content (AvgIpc) is 2.65. The number of benzene rings is 1. The zero-order chi connectivity index (χ0) is 15.6. The largest absolute Gasteiger partial charge is 0.508 e. The molecule has 21 heavy (non-hydrogen) atoms. The summed E-state index contributed by atoms with van der Waals surface area (Å²) in [5.41, 5.74) is 3.07. The molecule has 0 fully saturated rings. The molecule has 0 aliphatic heterocycles. The van der Waals surface area contributed by atoms with Gasteiger partial charge in [-0.05, 0) is 44.5 Å². The highest BCUT2D eigenvalue weighted by Gasteiger charge is 2.13. The number of phenols is 1. The highest BCUT2D eigenvalue weighted by atomic mass is 16.5. The van der Waals surface area contributed by atoms with Gasteiger partial charge in [-0.15, -0.1) is 0 Å². The molecule has 0 unspecified atom stereocenters. The van der Waals surface area contributed by atoms with E-state index in [1.807, 2.05) is 27.8 Å². The number of amides is 1. The number of nitrogens with zero attached hydrogens (tertiary/aromatic N) is 2. The summed E-state index contributed by atoms with van der Waals surface area (Å²) in [6.07, 6.45) is 0. The Morgan fingerprint density at radius 1 is 1.38 bits per heavy atom. The second-order valence-corrected chi connectivity index (χ2v) is 4.96. The standard InChI is InChI=1S/C15H19N3O3/c1-9-7-12(19)5-6-13(9)16-14(20)8-21-15-10(2)17-18(4)11(15)3/h5-7,19H,8H2,1-4H3,(H,16,20). The van der Waals surface area contributed by atoms with Crippen molar-refractivity contribution in [1.82, 2.24) is 9.78 Å². The maximum absolute atomic E-state index is 11.9. The molecule has 0 bridgehead atoms. The van der Waals surface area contributed by atoms with E-state index in [0.29, 0.717) is 11.4 Å². The number of phenolic OH excluding ortho intramolecular Hbond substituents is 1. The Hall–Kier alpha value is -2.50. The van der Waals surface area contributed by atoms with Crippen molar-refractivity contribution >= 4 is 11.6 Å². The van der Waals surface area contributed by atoms with E-state index < -0.39 is 0 Å². The van der Waals surface area contributed by atoms with E-state index in [1.54, 1.807) is 16.8 Å². The summed E-state index contributed by atoms with van der Waals surface area (Å²) in [7, 11) is 1.83. The van der Waals surface area contributed by atoms with Crippen LogP contribution in [0.25, 0.3) is 0 Å². The molecule has 1 amide bonds. The fraction of sp³-hybridized carbons (Fsp3) is 0.333. The van der Waals surface area contributed by atoms with Gasteiger partial charge in [-0.3, -0.25) is 9.48 Å². The van der Waals surface area contributed by atoms with Crippen LogP contribution in [0, 0.1) is 20.8 Å². The molecule has 2 N–H and O–H groups in total. The van der Waals surface area contributed by atoms with Crippen molar-refractivity contribution in [2.45, 2.75) is 20.8 Å². The Morgan fingerprint density at radius 3 is 2.67 bits per heavy atom. The van der Waals surface area contributed by atoms with Gasteiger partial charge in [0.2, 0.25) is 0 Å². The normalized spacial score (nSPS) is 10.5. The van der Waals surface area contributed by atoms with Crippen LogP contribution < -0.4 is 10.1 Å². The van der Waals surface area contributed by atoms with Gasteiger partial charge in [-0.1, -0.05) is 0 Å². The van der Waals surface area contributed by atoms with E-state index in [9.17, 15) is 9.90 Å². The molecule has 6 nitrogen and oxygen atoms in total. The number of carbonyl (C=O) groups is 1. The first kappa shape index (κ1) is 14.9. The Labute approximate surface area is 123 Å². The van der Waals surface area contributed by atoms with Gasteiger partial charge in [0.15, 0.2) is 12.4 Å². The number of carbonyl (C=O) groups excluding carboxylic acids is 1. The number of hydrogen-bond acceptors (Lipinski definition) is 4. The van der Waals surface area contributed by atoms with Crippen molar-refractivity contribution in [1.29, 1.82) is 0 Å². The summed E-state index contributed by atoms with van der Waals surface area (Å²) >= 11 is 0. The molecule has 0 saturated carbocycles. The zero-order valence-corrected chi connectivity index (χ0v) is 12.6. The minimum Gasteiger partial charge on any atom is -0.508 e. The van der Waals surface area contributed by atoms with Crippen LogP contribution in [0.5, 0.6) is 11.5 Å². The van der Waals surface area contributed by atoms with E-state index in [4.69, 9.17) is 4.74 Å². The molecule has 0 saturated heterocycles. The summed E-state index contributed by atoms with van der Waals surface area (Å²) < 4.78 is 7.26. The summed E-state index contributed by atoms with van der Waals surface area (Å²) in [6, 6.07) is 4.77. The van der Waals surface area contributed by atoms with Crippen molar-refractivity contribution in [3.63, 3.8) is 0 Å². The fourth-order valence-electron chi connectivity index (χ4n) is 2.08. The molecular weight excluding hydrogens is 270 g/mol. The second-order valence-electron chi connectivity index (χ2n) is 4.96. The minimum atomic E-state index is -0.258. The minimum absolute atomic E-state index is 0.0896. The van der Waals surface area contributed by atoms with Gasteiger partial charge in [-0.25, -0.2) is 0 Å². The zero-order valence-electron chi connectivity index (χ0n) is 12.6. The molecule has 112 valence electrons. The van der Waals surface area contributed by atoms with Crippen LogP contribution in [0.1, 0.15) is 17.0 Å². The molecule has 1 aromatic carbocycles. The van der Waals surface area contributed by atoms with Crippen molar-refractivity contribution in [2.24, 2.45) is 7.05 Å². The molecule has 0 spiro atoms. The first-order valence-corrected chi connectivity index (χ1v) is 6.61. The molecule has 1 aromatic heterocycles. The van der Waals surface area contributed by atoms with Gasteiger partial charge in [0.1, 0.15) is 11.4 Å². The number of aromatic nitrogens is 2. The highest BCUT2D eigenvalue weighted by molar-refractivity contribution is 5.92. The van der Waals surface area contributed by atoms with Crippen LogP contribution >= 0.6 is 0 Å². The quantitative estimate of drug-likeness (QED) is 0.845. The SMILES string of the molecule is Cc1cc(O)ccc1NC(=O)COc1c(C)nn(C)c1C. The molecule has 1 heterocycles. The summed E-state index contributed by atoms with van der Waals surface area (Å²) in [5, 5.41) is 16.3. The molecule has 0 atom stereocenters. The lowest BCUT2D eigenvalue weighted by Crippen LogP contribution is -2.21. The van der Waals surface area contributed by atoms with E-state index in [-0.39, 0.29) is 18.3 Å². The number of aromatic hydroxyl groups is 1. The predicted octanol–water partition coefficient (Wildman–Crippen LogP) is 2.07. The Kier molecular flexibility index (Phi) is 4.16. The van der Waals surface area contributed by atoms with Crippen molar-refractivity contribution in [3.8, 4) is 11.5 Å². The molecule has 0 radical (unpaired) electrons. The maximum Gasteiger partial charge on any atom is 0.262 e. The van der Waals surface area contributed by atoms with Crippen LogP contribution in [0.3, 0.4) is 0 Å². The van der Waals surface area contributed by atoms with E-state index >= 15 is 0 Å². The lowest BCUT2D eigenvalue weighted by atomic mass is 10.2. The van der Waals surface area contributed by atoms with E-state index in [2.05, 4.69) is 10.4 Å². The summed E-state index contributed by atoms with van der Waals surface area (Å²) in [6.45, 7) is 5.45. The smallest absolute Gasteiger partial charge is 0.262 e. The number of rotatable bonds is 4. The molecule has 2 aromatic rings. The molecular formula is C15H19N3O3. The molecule has 6 heteroatoms. The maximum atomic E-state index is 11.9. The van der Waals surface area contributed by atoms with Gasteiger partial charge >= 0.3 is 0 Å². The van der Waals surface area contributed by atoms with Crippen LogP contribution in [0.15, 0.2) is 18.2 Å². The average molecular weight is 289 g/mol. The lowest BCUT2D eigenvalue weighted by Gasteiger charge is -2.10. The summed E-state index contributed by atoms with van der Waals surface area (Å²) in [5.74, 6) is 0.546. The van der Waals surface area contributed by atoms with Crippen molar-refractivity contribution < 1.29 is 14.6 Å². The van der Waals surface area contributed by atoms with E-state index in [1.165, 1.54) is 6.07 Å². The first-order chi connectivity index (χ1) is 9.88. The molecule has 2 rings (SSSR count). The van der Waals surface area contributed by atoms with Gasteiger partial charge in [0, 0.05) is 12.7 Å². The molecule has 0 aliphatic carbocycles. The number of ether oxygens (including phenoxy) is 1. The van der Waals surface area contributed by atoms with Crippen LogP contribution in [0.2, 0.25) is 0 Å². The number of nitrogens with one attached hydrogen (secondary N) is 1. The van der Waals surface area contributed by atoms with Crippen molar-refractivity contribution in [2.75, 3.05) is 11.9 Å². The number of aryl methyl sites for hydroxylation is 3. The fourth-order valence-corrected chi connectivity index (χ4v) is 2.08. The van der Waals surface area contributed by atoms with Gasteiger partial charge in [0.05, 0.1) is 5.69 Å². The number of anilines is 1. The third-order valence-corrected chi connectivity index (χ3v) is 3.27. The monoisotopic (exact) mass is 289 g/mol. The van der Waals surface area contributed by atoms with Crippen molar-refractivity contribution in [3.05, 3.63) is 35.2 Å². The van der Waals surface area contributed by atoms with Crippen LogP contribution in [-0.4, -0.2) is 27.4 Å². The Morgan fingerprint density at radius 2 is 2.10 bits per heavy atom. The lowest BCUT2D eigenvalue weighted by molar-refractivity contribution is -0.118. The highest BCUT2D eigenvalue weighted by Crippen LogP contribution is 2.22. The number of hydrogen-bond donors (Lipinski definition) is 2. The Bertz CT molecular complexity index is 677. The van der Waals surface area contributed by atoms with Gasteiger partial charge in [0.25, 0.3) is 5.91 Å². The topological polar surface area (TPSA) is 76.4 Å². The van der Waals surface area contributed by atoms with Gasteiger partial charge < -0.3 is 15.2 Å².